The maximum absolute atomic E-state index is 6.08. The SMILES string of the molecule is Clc1ccc(-c2c(-c3ccccc3)cnc3[n+]2CCCS3)cc1.[Br-]. The Labute approximate surface area is 161 Å². The van der Waals surface area contributed by atoms with Gasteiger partial charge in [0.2, 0.25) is 0 Å². The van der Waals surface area contributed by atoms with Gasteiger partial charge in [0.1, 0.15) is 5.69 Å². The average Bonchev–Trinajstić information content (AvgIpc) is 2.62. The third-order valence-electron chi connectivity index (χ3n) is 4.02. The standard InChI is InChI=1S/C19H16ClN2S.BrH/c20-16-9-7-15(8-10-16)18-17(14-5-2-1-3-6-14)13-21-19-22(18)11-4-12-23-19;/h1-3,5-10,13H,4,11-12H2;1H/q+1;/p-1. The van der Waals surface area contributed by atoms with Crippen LogP contribution in [-0.2, 0) is 6.54 Å². The molecule has 3 aromatic rings. The van der Waals surface area contributed by atoms with E-state index in [9.17, 15) is 0 Å². The fraction of sp³-hybridized carbons (Fsp3) is 0.158. The summed E-state index contributed by atoms with van der Waals surface area (Å²) < 4.78 is 2.35. The molecule has 0 unspecified atom stereocenters. The zero-order valence-electron chi connectivity index (χ0n) is 13.0. The number of benzene rings is 2. The second-order valence-corrected chi connectivity index (χ2v) is 7.03. The van der Waals surface area contributed by atoms with Crippen LogP contribution in [0, 0.1) is 0 Å². The first-order valence-corrected chi connectivity index (χ1v) is 9.06. The molecule has 0 bridgehead atoms. The molecule has 0 saturated heterocycles. The van der Waals surface area contributed by atoms with E-state index >= 15 is 0 Å². The molecule has 2 nitrogen and oxygen atoms in total. The van der Waals surface area contributed by atoms with E-state index in [4.69, 9.17) is 16.6 Å². The Kier molecular flexibility index (Phi) is 5.59. The summed E-state index contributed by atoms with van der Waals surface area (Å²) in [5, 5.41) is 1.86. The lowest BCUT2D eigenvalue weighted by Gasteiger charge is -2.16. The normalized spacial score (nSPS) is 13.0. The largest absolute Gasteiger partial charge is 1.00 e. The smallest absolute Gasteiger partial charge is 0.359 e. The number of fused-ring (bicyclic) bond motifs is 1. The van der Waals surface area contributed by atoms with Crippen LogP contribution in [0.15, 0.2) is 66.0 Å². The molecule has 2 heterocycles. The number of thioether (sulfide) groups is 1. The molecule has 24 heavy (non-hydrogen) atoms. The van der Waals surface area contributed by atoms with Crippen molar-refractivity contribution in [1.29, 1.82) is 0 Å². The molecule has 5 heteroatoms. The van der Waals surface area contributed by atoms with Crippen molar-refractivity contribution in [2.75, 3.05) is 5.75 Å². The topological polar surface area (TPSA) is 16.8 Å². The summed E-state index contributed by atoms with van der Waals surface area (Å²) in [5.74, 6) is 1.14. The maximum atomic E-state index is 6.08. The predicted molar refractivity (Wildman–Crippen MR) is 95.7 cm³/mol. The van der Waals surface area contributed by atoms with Gasteiger partial charge in [-0.3, -0.25) is 0 Å². The van der Waals surface area contributed by atoms with Gasteiger partial charge in [-0.2, -0.15) is 0 Å². The van der Waals surface area contributed by atoms with E-state index in [1.54, 1.807) is 0 Å². The molecule has 4 rings (SSSR count). The molecular formula is C19H16BrClN2S. The molecule has 122 valence electrons. The molecule has 0 N–H and O–H groups in total. The van der Waals surface area contributed by atoms with Crippen LogP contribution in [0.4, 0.5) is 0 Å². The number of hydrogen-bond donors (Lipinski definition) is 0. The number of aromatic nitrogens is 2. The molecule has 2 aromatic carbocycles. The van der Waals surface area contributed by atoms with Crippen molar-refractivity contribution < 1.29 is 21.5 Å². The first-order chi connectivity index (χ1) is 11.3. The number of nitrogens with zero attached hydrogens (tertiary/aromatic N) is 2. The van der Waals surface area contributed by atoms with Gasteiger partial charge in [0, 0.05) is 16.3 Å². The third-order valence-corrected chi connectivity index (χ3v) is 5.35. The lowest BCUT2D eigenvalue weighted by atomic mass is 10.0. The molecule has 0 atom stereocenters. The second kappa shape index (κ2) is 7.68. The van der Waals surface area contributed by atoms with Crippen molar-refractivity contribution in [2.24, 2.45) is 0 Å². The minimum Gasteiger partial charge on any atom is -1.00 e. The lowest BCUT2D eigenvalue weighted by Crippen LogP contribution is -3.00. The Bertz CT molecular complexity index is 838. The first kappa shape index (κ1) is 17.5. The van der Waals surface area contributed by atoms with Crippen LogP contribution in [0.1, 0.15) is 6.42 Å². The fourth-order valence-electron chi connectivity index (χ4n) is 2.95. The summed E-state index contributed by atoms with van der Waals surface area (Å²) in [5.41, 5.74) is 4.76. The predicted octanol–water partition coefficient (Wildman–Crippen LogP) is 1.86. The Morgan fingerprint density at radius 1 is 0.958 bits per heavy atom. The minimum atomic E-state index is 0. The lowest BCUT2D eigenvalue weighted by molar-refractivity contribution is -0.727. The zero-order valence-corrected chi connectivity index (χ0v) is 16.1. The first-order valence-electron chi connectivity index (χ1n) is 7.70. The molecule has 1 aliphatic heterocycles. The van der Waals surface area contributed by atoms with Gasteiger partial charge in [-0.25, -0.2) is 4.57 Å². The third kappa shape index (κ3) is 3.37. The Balaban J connectivity index is 0.00000169. The van der Waals surface area contributed by atoms with E-state index in [1.165, 1.54) is 28.8 Å². The quantitative estimate of drug-likeness (QED) is 0.466. The highest BCUT2D eigenvalue weighted by Gasteiger charge is 2.26. The summed E-state index contributed by atoms with van der Waals surface area (Å²) in [6, 6.07) is 18.6. The molecule has 0 radical (unpaired) electrons. The van der Waals surface area contributed by atoms with Gasteiger partial charge in [-0.05, 0) is 53.0 Å². The van der Waals surface area contributed by atoms with Gasteiger partial charge < -0.3 is 17.0 Å². The fourth-order valence-corrected chi connectivity index (χ4v) is 4.00. The molecule has 1 aliphatic rings. The number of hydrogen-bond acceptors (Lipinski definition) is 2. The van der Waals surface area contributed by atoms with Crippen LogP contribution in [0.5, 0.6) is 0 Å². The second-order valence-electron chi connectivity index (χ2n) is 5.53. The summed E-state index contributed by atoms with van der Waals surface area (Å²) in [6.45, 7) is 1.01. The molecule has 0 saturated carbocycles. The van der Waals surface area contributed by atoms with Crippen molar-refractivity contribution in [3.63, 3.8) is 0 Å². The van der Waals surface area contributed by atoms with Crippen LogP contribution in [0.2, 0.25) is 5.02 Å². The average molecular weight is 420 g/mol. The van der Waals surface area contributed by atoms with Gasteiger partial charge >= 0.3 is 5.16 Å². The number of halogens is 2. The van der Waals surface area contributed by atoms with Gasteiger partial charge in [0.15, 0.2) is 6.20 Å². The van der Waals surface area contributed by atoms with Crippen LogP contribution in [-0.4, -0.2) is 10.7 Å². The molecular weight excluding hydrogens is 404 g/mol. The highest BCUT2D eigenvalue weighted by Crippen LogP contribution is 2.32. The van der Waals surface area contributed by atoms with Crippen LogP contribution >= 0.6 is 23.4 Å². The van der Waals surface area contributed by atoms with Crippen molar-refractivity contribution in [3.05, 3.63) is 65.8 Å². The molecule has 0 aliphatic carbocycles. The van der Waals surface area contributed by atoms with E-state index in [0.717, 1.165) is 22.5 Å². The van der Waals surface area contributed by atoms with Crippen LogP contribution in [0.25, 0.3) is 22.4 Å². The van der Waals surface area contributed by atoms with Crippen molar-refractivity contribution in [2.45, 2.75) is 18.1 Å². The minimum absolute atomic E-state index is 0. The molecule has 0 spiro atoms. The van der Waals surface area contributed by atoms with E-state index in [1.807, 2.05) is 36.2 Å². The van der Waals surface area contributed by atoms with Crippen LogP contribution < -0.4 is 21.5 Å². The summed E-state index contributed by atoms with van der Waals surface area (Å²) in [6.07, 6.45) is 3.17. The van der Waals surface area contributed by atoms with E-state index in [0.29, 0.717) is 0 Å². The van der Waals surface area contributed by atoms with E-state index in [-0.39, 0.29) is 17.0 Å². The van der Waals surface area contributed by atoms with Crippen molar-refractivity contribution in [1.82, 2.24) is 4.98 Å². The Morgan fingerprint density at radius 2 is 1.71 bits per heavy atom. The number of rotatable bonds is 2. The molecule has 1 aromatic heterocycles. The summed E-state index contributed by atoms with van der Waals surface area (Å²) in [7, 11) is 0. The molecule has 0 fully saturated rings. The maximum Gasteiger partial charge on any atom is 0.359 e. The van der Waals surface area contributed by atoms with Crippen molar-refractivity contribution >= 4 is 23.4 Å². The van der Waals surface area contributed by atoms with E-state index in [2.05, 4.69) is 41.0 Å². The van der Waals surface area contributed by atoms with Gasteiger partial charge in [-0.1, -0.05) is 41.9 Å². The van der Waals surface area contributed by atoms with Gasteiger partial charge in [0.25, 0.3) is 0 Å². The summed E-state index contributed by atoms with van der Waals surface area (Å²) >= 11 is 7.91. The monoisotopic (exact) mass is 418 g/mol. The Morgan fingerprint density at radius 3 is 2.46 bits per heavy atom. The Hall–Kier alpha value is -1.36. The highest BCUT2D eigenvalue weighted by molar-refractivity contribution is 7.99. The summed E-state index contributed by atoms with van der Waals surface area (Å²) in [4.78, 5) is 4.70. The zero-order chi connectivity index (χ0) is 15.6. The highest BCUT2D eigenvalue weighted by atomic mass is 79.9. The van der Waals surface area contributed by atoms with Crippen molar-refractivity contribution in [3.8, 4) is 22.4 Å². The molecule has 0 amide bonds. The van der Waals surface area contributed by atoms with E-state index < -0.39 is 0 Å². The van der Waals surface area contributed by atoms with Gasteiger partial charge in [0.05, 0.1) is 12.1 Å². The van der Waals surface area contributed by atoms with Gasteiger partial charge in [-0.15, -0.1) is 0 Å². The van der Waals surface area contributed by atoms with Crippen LogP contribution in [0.3, 0.4) is 0 Å².